The van der Waals surface area contributed by atoms with Crippen LogP contribution in [0.4, 0.5) is 0 Å². The molecule has 1 unspecified atom stereocenters. The van der Waals surface area contributed by atoms with E-state index in [9.17, 15) is 14.7 Å². The molecule has 1 fully saturated rings. The number of hydrogen-bond donors (Lipinski definition) is 3. The summed E-state index contributed by atoms with van der Waals surface area (Å²) in [5.41, 5.74) is 6.60. The van der Waals surface area contributed by atoms with E-state index >= 15 is 0 Å². The highest BCUT2D eigenvalue weighted by atomic mass is 16.5. The molecule has 0 spiro atoms. The van der Waals surface area contributed by atoms with Crippen LogP contribution in [0.5, 0.6) is 5.75 Å². The van der Waals surface area contributed by atoms with Gasteiger partial charge in [0.15, 0.2) is 11.6 Å². The molecule has 6 heteroatoms. The molecule has 4 rings (SSSR count). The van der Waals surface area contributed by atoms with E-state index in [0.29, 0.717) is 11.1 Å². The molecule has 0 radical (unpaired) electrons. The molecule has 148 valence electrons. The summed E-state index contributed by atoms with van der Waals surface area (Å²) in [5.74, 6) is -0.658. The highest BCUT2D eigenvalue weighted by molar-refractivity contribution is 6.29. The molecule has 0 amide bonds. The van der Waals surface area contributed by atoms with Crippen LogP contribution in [-0.4, -0.2) is 48.5 Å². The number of nitrogens with one attached hydrogen (secondary N) is 1. The smallest absolute Gasteiger partial charge is 0.198 e. The molecule has 2 aromatic carbocycles. The van der Waals surface area contributed by atoms with Crippen LogP contribution in [0.15, 0.2) is 42.5 Å². The Morgan fingerprint density at radius 2 is 1.75 bits per heavy atom. The third-order valence-corrected chi connectivity index (χ3v) is 5.07. The zero-order valence-electron chi connectivity index (χ0n) is 16.0. The lowest BCUT2D eigenvalue weighted by atomic mass is 9.84. The van der Waals surface area contributed by atoms with E-state index in [-0.39, 0.29) is 34.0 Å². The zero-order chi connectivity index (χ0) is 20.1. The highest BCUT2D eigenvalue weighted by Crippen LogP contribution is 2.32. The number of hydrogen-bond acceptors (Lipinski definition) is 6. The molecular formula is C22H26N2O4. The van der Waals surface area contributed by atoms with Crippen molar-refractivity contribution < 1.29 is 19.4 Å². The molecule has 0 aromatic heterocycles. The summed E-state index contributed by atoms with van der Waals surface area (Å²) in [7, 11) is 0. The minimum absolute atomic E-state index is 0.0393. The van der Waals surface area contributed by atoms with Crippen LogP contribution in [0, 0.1) is 0 Å². The van der Waals surface area contributed by atoms with E-state index in [0.717, 1.165) is 39.1 Å². The van der Waals surface area contributed by atoms with Crippen LogP contribution < -0.4 is 11.1 Å². The van der Waals surface area contributed by atoms with E-state index < -0.39 is 0 Å². The predicted octanol–water partition coefficient (Wildman–Crippen LogP) is 2.27. The van der Waals surface area contributed by atoms with Crippen molar-refractivity contribution in [3.8, 4) is 5.75 Å². The van der Waals surface area contributed by atoms with Gasteiger partial charge >= 0.3 is 0 Å². The van der Waals surface area contributed by atoms with Gasteiger partial charge in [0, 0.05) is 29.8 Å². The van der Waals surface area contributed by atoms with Crippen LogP contribution in [0.3, 0.4) is 0 Å². The molecule has 1 aliphatic heterocycles. The lowest BCUT2D eigenvalue weighted by Crippen LogP contribution is -2.47. The average molecular weight is 382 g/mol. The zero-order valence-corrected chi connectivity index (χ0v) is 16.0. The van der Waals surface area contributed by atoms with Crippen LogP contribution in [0.1, 0.15) is 51.6 Å². The Hall–Kier alpha value is -2.54. The summed E-state index contributed by atoms with van der Waals surface area (Å²) < 4.78 is 5.65. The van der Waals surface area contributed by atoms with Gasteiger partial charge in [0.05, 0.1) is 17.8 Å². The predicted molar refractivity (Wildman–Crippen MR) is 107 cm³/mol. The number of carbonyl (C=O) groups excluding carboxylic acids is 2. The standard InChI is InChI=1S/C14H8O3.C8H18N2O/c15-11-7-3-6-10-12(11)14(17)9-5-2-1-4-8(9)13(10)16;1-8(3-2-4-9)7-10-5-6-11-8/h1-7,15H;10H,2-7,9H2,1H3. The number of morpholine rings is 1. The quantitative estimate of drug-likeness (QED) is 0.642. The maximum Gasteiger partial charge on any atom is 0.198 e. The number of rotatable bonds is 3. The van der Waals surface area contributed by atoms with Gasteiger partial charge < -0.3 is 20.9 Å². The van der Waals surface area contributed by atoms with Crippen LogP contribution in [-0.2, 0) is 4.74 Å². The van der Waals surface area contributed by atoms with Crippen molar-refractivity contribution in [3.05, 3.63) is 64.7 Å². The maximum absolute atomic E-state index is 12.2. The molecular weight excluding hydrogens is 356 g/mol. The first-order valence-corrected chi connectivity index (χ1v) is 9.52. The number of benzene rings is 2. The van der Waals surface area contributed by atoms with E-state index in [2.05, 4.69) is 12.2 Å². The van der Waals surface area contributed by atoms with Crippen molar-refractivity contribution >= 4 is 11.6 Å². The summed E-state index contributed by atoms with van der Waals surface area (Å²) >= 11 is 0. The number of phenols is 1. The summed E-state index contributed by atoms with van der Waals surface area (Å²) in [5, 5.41) is 13.0. The van der Waals surface area contributed by atoms with Crippen molar-refractivity contribution in [2.24, 2.45) is 5.73 Å². The highest BCUT2D eigenvalue weighted by Gasteiger charge is 2.31. The Kier molecular flexibility index (Phi) is 6.24. The summed E-state index contributed by atoms with van der Waals surface area (Å²) in [6, 6.07) is 11.2. The van der Waals surface area contributed by atoms with Gasteiger partial charge in [-0.05, 0) is 32.4 Å². The Balaban J connectivity index is 0.000000178. The number of ether oxygens (including phenoxy) is 1. The third-order valence-electron chi connectivity index (χ3n) is 5.07. The molecule has 28 heavy (non-hydrogen) atoms. The molecule has 1 heterocycles. The summed E-state index contributed by atoms with van der Waals surface area (Å²) in [6.45, 7) is 5.69. The van der Waals surface area contributed by atoms with Gasteiger partial charge in [0.2, 0.25) is 0 Å². The third kappa shape index (κ3) is 4.14. The second-order valence-corrected chi connectivity index (χ2v) is 7.27. The minimum Gasteiger partial charge on any atom is -0.507 e. The van der Waals surface area contributed by atoms with Crippen molar-refractivity contribution in [1.29, 1.82) is 0 Å². The number of ketones is 2. The van der Waals surface area contributed by atoms with Gasteiger partial charge in [-0.1, -0.05) is 36.4 Å². The molecule has 2 aliphatic rings. The van der Waals surface area contributed by atoms with Crippen molar-refractivity contribution in [2.75, 3.05) is 26.2 Å². The van der Waals surface area contributed by atoms with Gasteiger partial charge in [-0.2, -0.15) is 0 Å². The molecule has 4 N–H and O–H groups in total. The Labute approximate surface area is 164 Å². The van der Waals surface area contributed by atoms with E-state index in [1.54, 1.807) is 36.4 Å². The summed E-state index contributed by atoms with van der Waals surface area (Å²) in [6.07, 6.45) is 2.12. The number of fused-ring (bicyclic) bond motifs is 2. The molecule has 2 aromatic rings. The van der Waals surface area contributed by atoms with Gasteiger partial charge in [0.25, 0.3) is 0 Å². The fraction of sp³-hybridized carbons (Fsp3) is 0.364. The van der Waals surface area contributed by atoms with Gasteiger partial charge in [-0.25, -0.2) is 0 Å². The van der Waals surface area contributed by atoms with E-state index in [1.165, 1.54) is 6.07 Å². The normalized spacial score (nSPS) is 20.6. The van der Waals surface area contributed by atoms with E-state index in [1.807, 2.05) is 0 Å². The Morgan fingerprint density at radius 3 is 2.39 bits per heavy atom. The monoisotopic (exact) mass is 382 g/mol. The molecule has 6 nitrogen and oxygen atoms in total. The van der Waals surface area contributed by atoms with Crippen molar-refractivity contribution in [1.82, 2.24) is 5.32 Å². The fourth-order valence-electron chi connectivity index (χ4n) is 3.54. The topological polar surface area (TPSA) is 102 Å². The fourth-order valence-corrected chi connectivity index (χ4v) is 3.54. The largest absolute Gasteiger partial charge is 0.507 e. The van der Waals surface area contributed by atoms with Crippen LogP contribution in [0.25, 0.3) is 0 Å². The lowest BCUT2D eigenvalue weighted by molar-refractivity contribution is -0.0582. The number of nitrogens with two attached hydrogens (primary N) is 1. The van der Waals surface area contributed by atoms with Crippen molar-refractivity contribution in [3.63, 3.8) is 0 Å². The number of carbonyl (C=O) groups is 2. The Bertz CT molecular complexity index is 873. The summed E-state index contributed by atoms with van der Waals surface area (Å²) in [4.78, 5) is 24.3. The molecule has 1 atom stereocenters. The van der Waals surface area contributed by atoms with Gasteiger partial charge in [-0.3, -0.25) is 9.59 Å². The Morgan fingerprint density at radius 1 is 1.07 bits per heavy atom. The lowest BCUT2D eigenvalue weighted by Gasteiger charge is -2.34. The maximum atomic E-state index is 12.2. The van der Waals surface area contributed by atoms with Crippen molar-refractivity contribution in [2.45, 2.75) is 25.4 Å². The average Bonchev–Trinajstić information content (AvgIpc) is 2.71. The second-order valence-electron chi connectivity index (χ2n) is 7.27. The molecule has 0 saturated carbocycles. The van der Waals surface area contributed by atoms with Gasteiger partial charge in [-0.15, -0.1) is 0 Å². The first-order valence-electron chi connectivity index (χ1n) is 9.52. The van der Waals surface area contributed by atoms with E-state index in [4.69, 9.17) is 10.5 Å². The number of aromatic hydroxyl groups is 1. The minimum atomic E-state index is -0.298. The first kappa shape index (κ1) is 20.2. The second kappa shape index (κ2) is 8.65. The SMILES string of the molecule is CC1(CCCN)CNCCO1.O=C1c2ccccc2C(=O)c2c(O)cccc21. The molecule has 1 aliphatic carbocycles. The van der Waals surface area contributed by atoms with Crippen LogP contribution in [0.2, 0.25) is 0 Å². The molecule has 0 bridgehead atoms. The molecule has 1 saturated heterocycles. The van der Waals surface area contributed by atoms with Crippen LogP contribution >= 0.6 is 0 Å². The first-order chi connectivity index (χ1) is 13.5. The number of phenolic OH excluding ortho intramolecular Hbond substituents is 1. The van der Waals surface area contributed by atoms with Gasteiger partial charge in [0.1, 0.15) is 5.75 Å².